The number of hydrogen-bond acceptors (Lipinski definition) is 3. The third-order valence-electron chi connectivity index (χ3n) is 3.80. The Labute approximate surface area is 108 Å². The minimum atomic E-state index is 0.493. The highest BCUT2D eigenvalue weighted by molar-refractivity contribution is 5.73. The van der Waals surface area contributed by atoms with Crippen molar-refractivity contribution in [3.63, 3.8) is 0 Å². The molecule has 1 heterocycles. The molecule has 4 nitrogen and oxygen atoms in total. The van der Waals surface area contributed by atoms with E-state index < -0.39 is 0 Å². The van der Waals surface area contributed by atoms with Crippen LogP contribution < -0.4 is 0 Å². The second kappa shape index (κ2) is 6.47. The molecule has 1 aliphatic carbocycles. The standard InChI is InChI=1S/C14H21N3O/c1-2-10-17-14(13(11-18)15-16-17)9-8-12-6-4-3-5-7-12/h2,11-12H,1,3-10H2. The van der Waals surface area contributed by atoms with Gasteiger partial charge in [0.15, 0.2) is 6.29 Å². The van der Waals surface area contributed by atoms with Crippen LogP contribution in [0.2, 0.25) is 0 Å². The van der Waals surface area contributed by atoms with Crippen LogP contribution in [0.3, 0.4) is 0 Å². The van der Waals surface area contributed by atoms with Crippen LogP contribution in [0.5, 0.6) is 0 Å². The summed E-state index contributed by atoms with van der Waals surface area (Å²) >= 11 is 0. The molecular weight excluding hydrogens is 226 g/mol. The minimum absolute atomic E-state index is 0.493. The molecule has 98 valence electrons. The highest BCUT2D eigenvalue weighted by Crippen LogP contribution is 2.27. The molecule has 0 N–H and O–H groups in total. The Bertz CT molecular complexity index is 405. The zero-order valence-corrected chi connectivity index (χ0v) is 10.8. The predicted octanol–water partition coefficient (Wildman–Crippen LogP) is 2.79. The van der Waals surface area contributed by atoms with Crippen LogP contribution in [0.25, 0.3) is 0 Å². The molecule has 1 aromatic heterocycles. The number of hydrogen-bond donors (Lipinski definition) is 0. The summed E-state index contributed by atoms with van der Waals surface area (Å²) < 4.78 is 1.79. The summed E-state index contributed by atoms with van der Waals surface area (Å²) in [4.78, 5) is 11.0. The first-order valence-electron chi connectivity index (χ1n) is 6.83. The Kier molecular flexibility index (Phi) is 4.67. The maximum absolute atomic E-state index is 11.0. The van der Waals surface area contributed by atoms with Gasteiger partial charge in [0, 0.05) is 0 Å². The molecule has 0 bridgehead atoms. The van der Waals surface area contributed by atoms with Crippen LogP contribution in [0.1, 0.15) is 54.7 Å². The zero-order chi connectivity index (χ0) is 12.8. The van der Waals surface area contributed by atoms with E-state index in [9.17, 15) is 4.79 Å². The Morgan fingerprint density at radius 3 is 2.78 bits per heavy atom. The first kappa shape index (κ1) is 13.0. The van der Waals surface area contributed by atoms with Gasteiger partial charge in [0.05, 0.1) is 12.2 Å². The lowest BCUT2D eigenvalue weighted by Crippen LogP contribution is -2.11. The van der Waals surface area contributed by atoms with Gasteiger partial charge in [0.1, 0.15) is 5.69 Å². The van der Waals surface area contributed by atoms with Crippen LogP contribution in [-0.4, -0.2) is 21.3 Å². The van der Waals surface area contributed by atoms with Gasteiger partial charge in [0.25, 0.3) is 0 Å². The molecule has 0 atom stereocenters. The van der Waals surface area contributed by atoms with E-state index in [-0.39, 0.29) is 0 Å². The lowest BCUT2D eigenvalue weighted by atomic mass is 9.85. The lowest BCUT2D eigenvalue weighted by molar-refractivity contribution is 0.111. The molecule has 0 amide bonds. The molecule has 0 aliphatic heterocycles. The SMILES string of the molecule is C=CCn1nnc(C=O)c1CCC1CCCCC1. The average Bonchev–Trinajstić information content (AvgIpc) is 2.80. The van der Waals surface area contributed by atoms with Gasteiger partial charge in [-0.25, -0.2) is 4.68 Å². The third-order valence-corrected chi connectivity index (χ3v) is 3.80. The number of carbonyl (C=O) groups excluding carboxylic acids is 1. The van der Waals surface area contributed by atoms with E-state index in [0.717, 1.165) is 30.7 Å². The molecule has 1 fully saturated rings. The summed E-state index contributed by atoms with van der Waals surface area (Å²) in [5.74, 6) is 0.810. The van der Waals surface area contributed by atoms with Crippen LogP contribution in [0.15, 0.2) is 12.7 Å². The molecule has 1 saturated carbocycles. The van der Waals surface area contributed by atoms with Crippen molar-refractivity contribution in [3.8, 4) is 0 Å². The van der Waals surface area contributed by atoms with Gasteiger partial charge < -0.3 is 0 Å². The Balaban J connectivity index is 1.99. The molecule has 0 saturated heterocycles. The highest BCUT2D eigenvalue weighted by atomic mass is 16.1. The van der Waals surface area contributed by atoms with Gasteiger partial charge in [-0.2, -0.15) is 0 Å². The number of carbonyl (C=O) groups is 1. The van der Waals surface area contributed by atoms with Crippen LogP contribution in [-0.2, 0) is 13.0 Å². The van der Waals surface area contributed by atoms with Gasteiger partial charge in [-0.1, -0.05) is 43.4 Å². The summed E-state index contributed by atoms with van der Waals surface area (Å²) in [6.45, 7) is 4.33. The molecule has 0 spiro atoms. The quantitative estimate of drug-likeness (QED) is 0.573. The molecule has 1 aliphatic rings. The predicted molar refractivity (Wildman–Crippen MR) is 70.5 cm³/mol. The maximum atomic E-state index is 11.0. The number of nitrogens with zero attached hydrogens (tertiary/aromatic N) is 3. The number of rotatable bonds is 6. The molecule has 0 radical (unpaired) electrons. The van der Waals surface area contributed by atoms with Crippen molar-refractivity contribution >= 4 is 6.29 Å². The second-order valence-corrected chi connectivity index (χ2v) is 5.05. The first-order valence-corrected chi connectivity index (χ1v) is 6.83. The Hall–Kier alpha value is -1.45. The van der Waals surface area contributed by atoms with Gasteiger partial charge in [-0.15, -0.1) is 11.7 Å². The van der Waals surface area contributed by atoms with Crippen molar-refractivity contribution < 1.29 is 4.79 Å². The molecule has 1 aromatic rings. The fourth-order valence-corrected chi connectivity index (χ4v) is 2.78. The smallest absolute Gasteiger partial charge is 0.172 e. The van der Waals surface area contributed by atoms with E-state index in [1.165, 1.54) is 32.1 Å². The van der Waals surface area contributed by atoms with Gasteiger partial charge in [-0.05, 0) is 18.8 Å². The summed E-state index contributed by atoms with van der Waals surface area (Å²) in [5.41, 5.74) is 1.46. The number of aldehydes is 1. The van der Waals surface area contributed by atoms with Gasteiger partial charge >= 0.3 is 0 Å². The van der Waals surface area contributed by atoms with Crippen molar-refractivity contribution in [1.82, 2.24) is 15.0 Å². The summed E-state index contributed by atoms with van der Waals surface area (Å²) in [6.07, 6.45) is 11.4. The first-order chi connectivity index (χ1) is 8.85. The summed E-state index contributed by atoms with van der Waals surface area (Å²) in [5, 5.41) is 7.92. The maximum Gasteiger partial charge on any atom is 0.172 e. The molecule has 18 heavy (non-hydrogen) atoms. The summed E-state index contributed by atoms with van der Waals surface area (Å²) in [6, 6.07) is 0. The zero-order valence-electron chi connectivity index (χ0n) is 10.8. The van der Waals surface area contributed by atoms with Crippen LogP contribution in [0, 0.1) is 5.92 Å². The molecular formula is C14H21N3O. The van der Waals surface area contributed by atoms with Crippen LogP contribution in [0.4, 0.5) is 0 Å². The number of aromatic nitrogens is 3. The average molecular weight is 247 g/mol. The molecule has 0 unspecified atom stereocenters. The van der Waals surface area contributed by atoms with Gasteiger partial charge in [0.2, 0.25) is 0 Å². The van der Waals surface area contributed by atoms with E-state index in [0.29, 0.717) is 12.2 Å². The molecule has 0 aromatic carbocycles. The topological polar surface area (TPSA) is 47.8 Å². The highest BCUT2D eigenvalue weighted by Gasteiger charge is 2.17. The van der Waals surface area contributed by atoms with Crippen molar-refractivity contribution in [2.45, 2.75) is 51.5 Å². The van der Waals surface area contributed by atoms with Crippen molar-refractivity contribution in [1.29, 1.82) is 0 Å². The molecule has 4 heteroatoms. The van der Waals surface area contributed by atoms with E-state index >= 15 is 0 Å². The van der Waals surface area contributed by atoms with Crippen molar-refractivity contribution in [2.75, 3.05) is 0 Å². The Morgan fingerprint density at radius 2 is 2.11 bits per heavy atom. The van der Waals surface area contributed by atoms with E-state index in [1.807, 2.05) is 0 Å². The van der Waals surface area contributed by atoms with E-state index in [2.05, 4.69) is 16.9 Å². The largest absolute Gasteiger partial charge is 0.296 e. The minimum Gasteiger partial charge on any atom is -0.296 e. The van der Waals surface area contributed by atoms with Crippen molar-refractivity contribution in [2.24, 2.45) is 5.92 Å². The lowest BCUT2D eigenvalue weighted by Gasteiger charge is -2.21. The number of allylic oxidation sites excluding steroid dienone is 1. The van der Waals surface area contributed by atoms with E-state index in [4.69, 9.17) is 0 Å². The third kappa shape index (κ3) is 3.06. The normalized spacial score (nSPS) is 16.7. The fraction of sp³-hybridized carbons (Fsp3) is 0.643. The summed E-state index contributed by atoms with van der Waals surface area (Å²) in [7, 11) is 0. The van der Waals surface area contributed by atoms with E-state index in [1.54, 1.807) is 10.8 Å². The fourth-order valence-electron chi connectivity index (χ4n) is 2.78. The monoisotopic (exact) mass is 247 g/mol. The second-order valence-electron chi connectivity index (χ2n) is 5.05. The van der Waals surface area contributed by atoms with Gasteiger partial charge in [-0.3, -0.25) is 4.79 Å². The van der Waals surface area contributed by atoms with Crippen molar-refractivity contribution in [3.05, 3.63) is 24.0 Å². The Morgan fingerprint density at radius 1 is 1.33 bits per heavy atom. The molecule has 2 rings (SSSR count). The van der Waals surface area contributed by atoms with Crippen LogP contribution >= 0.6 is 0 Å².